The van der Waals surface area contributed by atoms with E-state index in [4.69, 9.17) is 0 Å². The van der Waals surface area contributed by atoms with Crippen LogP contribution in [0.3, 0.4) is 0 Å². The van der Waals surface area contributed by atoms with Crippen LogP contribution in [0.2, 0.25) is 0 Å². The molecule has 2 fully saturated rings. The molecule has 0 bridgehead atoms. The Morgan fingerprint density at radius 1 is 0.619 bits per heavy atom. The molecule has 0 heterocycles. The molecule has 0 N–H and O–H groups in total. The fourth-order valence-electron chi connectivity index (χ4n) is 4.22. The van der Waals surface area contributed by atoms with Crippen molar-refractivity contribution in [3.05, 3.63) is 0 Å². The van der Waals surface area contributed by atoms with Crippen molar-refractivity contribution in [2.24, 2.45) is 11.8 Å². The molecule has 2 saturated carbocycles. The Balaban J connectivity index is 0.00000220. The Labute approximate surface area is 139 Å². The van der Waals surface area contributed by atoms with Crippen molar-refractivity contribution in [3.8, 4) is 0 Å². The Kier molecular flexibility index (Phi) is 10.8. The summed E-state index contributed by atoms with van der Waals surface area (Å²) < 4.78 is 0. The first-order chi connectivity index (χ1) is 9.84. The summed E-state index contributed by atoms with van der Waals surface area (Å²) in [4.78, 5) is 2.62. The highest BCUT2D eigenvalue weighted by Crippen LogP contribution is 2.27. The van der Waals surface area contributed by atoms with E-state index in [1.165, 1.54) is 103 Å². The zero-order valence-corrected chi connectivity index (χ0v) is 15.1. The van der Waals surface area contributed by atoms with Gasteiger partial charge in [0, 0.05) is 0 Å². The average molecular weight is 316 g/mol. The molecular weight excluding hydrogens is 278 g/mol. The minimum Gasteiger partial charge on any atom is -0.306 e. The summed E-state index contributed by atoms with van der Waals surface area (Å²) in [6.07, 6.45) is 20.9. The molecule has 0 aromatic carbocycles. The molecule has 2 rings (SSSR count). The van der Waals surface area contributed by atoms with Crippen LogP contribution in [0.1, 0.15) is 89.9 Å². The van der Waals surface area contributed by atoms with Crippen LogP contribution in [0, 0.1) is 11.8 Å². The zero-order valence-electron chi connectivity index (χ0n) is 14.3. The molecule has 1 nitrogen and oxygen atoms in total. The van der Waals surface area contributed by atoms with E-state index in [0.717, 1.165) is 11.8 Å². The largest absolute Gasteiger partial charge is 0.306 e. The highest BCUT2D eigenvalue weighted by molar-refractivity contribution is 5.85. The average Bonchev–Trinajstić information content (AvgIpc) is 2.87. The van der Waals surface area contributed by atoms with E-state index in [2.05, 4.69) is 11.9 Å². The number of rotatable bonds is 6. The van der Waals surface area contributed by atoms with Crippen LogP contribution in [-0.4, -0.2) is 25.0 Å². The summed E-state index contributed by atoms with van der Waals surface area (Å²) in [5.41, 5.74) is 0. The topological polar surface area (TPSA) is 3.24 Å². The smallest absolute Gasteiger partial charge is 0.00191 e. The molecule has 21 heavy (non-hydrogen) atoms. The Hall–Kier alpha value is 0.250. The normalized spacial score (nSPS) is 22.6. The van der Waals surface area contributed by atoms with Gasteiger partial charge in [-0.2, -0.15) is 0 Å². The van der Waals surface area contributed by atoms with Crippen molar-refractivity contribution in [1.29, 1.82) is 0 Å². The van der Waals surface area contributed by atoms with Gasteiger partial charge in [-0.1, -0.05) is 77.0 Å². The van der Waals surface area contributed by atoms with Crippen LogP contribution in [0.4, 0.5) is 0 Å². The SMILES string of the molecule is CN(CCC1CCCCCC1)CCC1CCCCCC1.Cl. The second-order valence-electron chi connectivity index (χ2n) is 7.60. The molecule has 0 aromatic rings. The summed E-state index contributed by atoms with van der Waals surface area (Å²) >= 11 is 0. The van der Waals surface area contributed by atoms with Gasteiger partial charge in [-0.25, -0.2) is 0 Å². The van der Waals surface area contributed by atoms with E-state index in [1.807, 2.05) is 0 Å². The number of halogens is 1. The molecule has 2 heteroatoms. The second-order valence-corrected chi connectivity index (χ2v) is 7.60. The summed E-state index contributed by atoms with van der Waals surface area (Å²) in [6.45, 7) is 2.69. The molecule has 0 unspecified atom stereocenters. The molecule has 0 amide bonds. The van der Waals surface area contributed by atoms with Crippen molar-refractivity contribution in [2.75, 3.05) is 20.1 Å². The van der Waals surface area contributed by atoms with Gasteiger partial charge < -0.3 is 4.90 Å². The summed E-state index contributed by atoms with van der Waals surface area (Å²) in [5, 5.41) is 0. The molecule has 0 aromatic heterocycles. The maximum Gasteiger partial charge on any atom is -0.00191 e. The van der Waals surface area contributed by atoms with Crippen molar-refractivity contribution in [3.63, 3.8) is 0 Å². The first-order valence-electron chi connectivity index (χ1n) is 9.53. The Morgan fingerprint density at radius 3 is 1.29 bits per heavy atom. The maximum absolute atomic E-state index is 2.62. The van der Waals surface area contributed by atoms with Gasteiger partial charge in [0.2, 0.25) is 0 Å². The third kappa shape index (κ3) is 8.45. The van der Waals surface area contributed by atoms with Crippen LogP contribution in [0.5, 0.6) is 0 Å². The quantitative estimate of drug-likeness (QED) is 0.538. The molecule has 0 saturated heterocycles. The van der Waals surface area contributed by atoms with Crippen LogP contribution < -0.4 is 0 Å². The maximum atomic E-state index is 2.62. The fourth-order valence-corrected chi connectivity index (χ4v) is 4.22. The monoisotopic (exact) mass is 315 g/mol. The van der Waals surface area contributed by atoms with E-state index < -0.39 is 0 Å². The van der Waals surface area contributed by atoms with Crippen LogP contribution >= 0.6 is 12.4 Å². The number of hydrogen-bond acceptors (Lipinski definition) is 1. The minimum atomic E-state index is 0. The molecule has 0 atom stereocenters. The van der Waals surface area contributed by atoms with E-state index in [0.29, 0.717) is 0 Å². The zero-order chi connectivity index (χ0) is 14.0. The Bertz CT molecular complexity index is 204. The van der Waals surface area contributed by atoms with Crippen LogP contribution in [0.25, 0.3) is 0 Å². The van der Waals surface area contributed by atoms with Gasteiger partial charge in [0.15, 0.2) is 0 Å². The van der Waals surface area contributed by atoms with E-state index >= 15 is 0 Å². The first-order valence-corrected chi connectivity index (χ1v) is 9.53. The van der Waals surface area contributed by atoms with Crippen molar-refractivity contribution in [2.45, 2.75) is 89.9 Å². The summed E-state index contributed by atoms with van der Waals surface area (Å²) in [7, 11) is 2.35. The van der Waals surface area contributed by atoms with Gasteiger partial charge in [-0.15, -0.1) is 12.4 Å². The summed E-state index contributed by atoms with van der Waals surface area (Å²) in [6, 6.07) is 0. The third-order valence-electron chi connectivity index (χ3n) is 5.79. The standard InChI is InChI=1S/C19H37N.ClH/c1-20(16-14-18-10-6-2-3-7-11-18)17-15-19-12-8-4-5-9-13-19;/h18-19H,2-17H2,1H3;1H. The third-order valence-corrected chi connectivity index (χ3v) is 5.79. The first kappa shape index (κ1) is 19.3. The lowest BCUT2D eigenvalue weighted by atomic mass is 9.95. The summed E-state index contributed by atoms with van der Waals surface area (Å²) in [5.74, 6) is 2.08. The van der Waals surface area contributed by atoms with Gasteiger partial charge in [-0.05, 0) is 44.8 Å². The highest BCUT2D eigenvalue weighted by Gasteiger charge is 2.15. The predicted octanol–water partition coefficient (Wildman–Crippen LogP) is 6.06. The van der Waals surface area contributed by atoms with Crippen molar-refractivity contribution < 1.29 is 0 Å². The van der Waals surface area contributed by atoms with E-state index in [-0.39, 0.29) is 12.4 Å². The fraction of sp³-hybridized carbons (Fsp3) is 1.00. The van der Waals surface area contributed by atoms with Gasteiger partial charge in [0.25, 0.3) is 0 Å². The molecular formula is C19H38ClN. The van der Waals surface area contributed by atoms with E-state index in [9.17, 15) is 0 Å². The van der Waals surface area contributed by atoms with Gasteiger partial charge in [0.05, 0.1) is 0 Å². The predicted molar refractivity (Wildman–Crippen MR) is 96.4 cm³/mol. The van der Waals surface area contributed by atoms with Crippen molar-refractivity contribution >= 4 is 12.4 Å². The molecule has 126 valence electrons. The lowest BCUT2D eigenvalue weighted by Gasteiger charge is -2.23. The lowest BCUT2D eigenvalue weighted by Crippen LogP contribution is -2.24. The number of nitrogens with zero attached hydrogens (tertiary/aromatic N) is 1. The minimum absolute atomic E-state index is 0. The molecule has 2 aliphatic rings. The van der Waals surface area contributed by atoms with E-state index in [1.54, 1.807) is 0 Å². The second kappa shape index (κ2) is 11.8. The highest BCUT2D eigenvalue weighted by atomic mass is 35.5. The van der Waals surface area contributed by atoms with Gasteiger partial charge in [0.1, 0.15) is 0 Å². The lowest BCUT2D eigenvalue weighted by molar-refractivity contribution is 0.261. The molecule has 0 aliphatic heterocycles. The van der Waals surface area contributed by atoms with Gasteiger partial charge in [-0.3, -0.25) is 0 Å². The molecule has 0 radical (unpaired) electrons. The molecule has 0 spiro atoms. The molecule has 2 aliphatic carbocycles. The Morgan fingerprint density at radius 2 is 0.952 bits per heavy atom. The van der Waals surface area contributed by atoms with Crippen LogP contribution in [-0.2, 0) is 0 Å². The van der Waals surface area contributed by atoms with Gasteiger partial charge >= 0.3 is 0 Å². The van der Waals surface area contributed by atoms with Crippen molar-refractivity contribution in [1.82, 2.24) is 4.90 Å². The van der Waals surface area contributed by atoms with Crippen LogP contribution in [0.15, 0.2) is 0 Å². The number of hydrogen-bond donors (Lipinski definition) is 0.